The van der Waals surface area contributed by atoms with Gasteiger partial charge in [-0.05, 0) is 12.1 Å². The van der Waals surface area contributed by atoms with Crippen LogP contribution in [0.4, 0.5) is 13.2 Å². The Morgan fingerprint density at radius 3 is 2.30 bits per heavy atom. The van der Waals surface area contributed by atoms with E-state index in [1.54, 1.807) is 0 Å². The SMILES string of the molecule is O=C(O)[C@@H]1CN(C(=O)c2ccncc2)C[C@H]1C(F)(F)F. The van der Waals surface area contributed by atoms with Crippen molar-refractivity contribution in [3.63, 3.8) is 0 Å². The van der Waals surface area contributed by atoms with Gasteiger partial charge in [-0.25, -0.2) is 0 Å². The molecule has 0 aromatic carbocycles. The summed E-state index contributed by atoms with van der Waals surface area (Å²) in [6.45, 7) is -1.08. The lowest BCUT2D eigenvalue weighted by molar-refractivity contribution is -0.187. The standard InChI is InChI=1S/C12H11F3N2O3/c13-12(14,15)9-6-17(5-8(9)11(19)20)10(18)7-1-3-16-4-2-7/h1-4,8-9H,5-6H2,(H,19,20)/t8-,9-/m1/s1. The molecule has 0 spiro atoms. The van der Waals surface area contributed by atoms with Gasteiger partial charge in [0.15, 0.2) is 0 Å². The van der Waals surface area contributed by atoms with Gasteiger partial charge in [-0.1, -0.05) is 0 Å². The van der Waals surface area contributed by atoms with Gasteiger partial charge in [-0.2, -0.15) is 13.2 Å². The van der Waals surface area contributed by atoms with E-state index in [2.05, 4.69) is 4.98 Å². The molecule has 108 valence electrons. The third kappa shape index (κ3) is 2.73. The maximum Gasteiger partial charge on any atom is 0.394 e. The van der Waals surface area contributed by atoms with Crippen LogP contribution < -0.4 is 0 Å². The first-order valence-corrected chi connectivity index (χ1v) is 5.79. The van der Waals surface area contributed by atoms with Gasteiger partial charge in [0, 0.05) is 31.0 Å². The molecule has 2 rings (SSSR count). The molecule has 1 saturated heterocycles. The second-order valence-corrected chi connectivity index (χ2v) is 4.54. The Morgan fingerprint density at radius 1 is 1.25 bits per heavy atom. The summed E-state index contributed by atoms with van der Waals surface area (Å²) >= 11 is 0. The first kappa shape index (κ1) is 14.3. The maximum absolute atomic E-state index is 12.8. The quantitative estimate of drug-likeness (QED) is 0.893. The number of carbonyl (C=O) groups excluding carboxylic acids is 1. The lowest BCUT2D eigenvalue weighted by Crippen LogP contribution is -2.34. The molecule has 8 heteroatoms. The number of alkyl halides is 3. The number of amides is 1. The van der Waals surface area contributed by atoms with Crippen molar-refractivity contribution in [1.29, 1.82) is 0 Å². The smallest absolute Gasteiger partial charge is 0.394 e. The van der Waals surface area contributed by atoms with E-state index < -0.39 is 43.0 Å². The fourth-order valence-electron chi connectivity index (χ4n) is 2.23. The number of pyridine rings is 1. The Labute approximate surface area is 112 Å². The predicted molar refractivity (Wildman–Crippen MR) is 60.8 cm³/mol. The normalized spacial score (nSPS) is 22.9. The largest absolute Gasteiger partial charge is 0.481 e. The number of nitrogens with zero attached hydrogens (tertiary/aromatic N) is 2. The van der Waals surface area contributed by atoms with E-state index in [-0.39, 0.29) is 5.56 Å². The third-order valence-corrected chi connectivity index (χ3v) is 3.27. The van der Waals surface area contributed by atoms with Gasteiger partial charge in [0.05, 0.1) is 11.8 Å². The van der Waals surface area contributed by atoms with Crippen LogP contribution in [0.5, 0.6) is 0 Å². The van der Waals surface area contributed by atoms with Crippen molar-refractivity contribution in [2.45, 2.75) is 6.18 Å². The lowest BCUT2D eigenvalue weighted by atomic mass is 9.96. The van der Waals surface area contributed by atoms with Crippen molar-refractivity contribution in [2.24, 2.45) is 11.8 Å². The van der Waals surface area contributed by atoms with Gasteiger partial charge >= 0.3 is 12.1 Å². The molecule has 0 aliphatic carbocycles. The number of halogens is 3. The molecule has 1 aliphatic heterocycles. The summed E-state index contributed by atoms with van der Waals surface area (Å²) < 4.78 is 38.4. The summed E-state index contributed by atoms with van der Waals surface area (Å²) in [5, 5.41) is 8.87. The van der Waals surface area contributed by atoms with Crippen LogP contribution in [0.1, 0.15) is 10.4 Å². The summed E-state index contributed by atoms with van der Waals surface area (Å²) in [4.78, 5) is 27.6. The van der Waals surface area contributed by atoms with Gasteiger partial charge in [0.2, 0.25) is 0 Å². The highest BCUT2D eigenvalue weighted by Gasteiger charge is 2.53. The molecule has 2 atom stereocenters. The molecule has 1 aromatic heterocycles. The van der Waals surface area contributed by atoms with Gasteiger partial charge < -0.3 is 10.0 Å². The van der Waals surface area contributed by atoms with Crippen LogP contribution in [-0.2, 0) is 4.79 Å². The number of carboxylic acids is 1. The summed E-state index contributed by atoms with van der Waals surface area (Å²) in [6.07, 6.45) is -1.95. The molecule has 20 heavy (non-hydrogen) atoms. The van der Waals surface area contributed by atoms with E-state index in [0.717, 1.165) is 4.90 Å². The van der Waals surface area contributed by atoms with E-state index in [1.807, 2.05) is 0 Å². The molecule has 1 fully saturated rings. The molecule has 0 unspecified atom stereocenters. The monoisotopic (exact) mass is 288 g/mol. The Balaban J connectivity index is 2.20. The molecule has 1 aliphatic rings. The molecule has 0 radical (unpaired) electrons. The summed E-state index contributed by atoms with van der Waals surface area (Å²) in [6, 6.07) is 2.75. The van der Waals surface area contributed by atoms with Crippen molar-refractivity contribution in [3.8, 4) is 0 Å². The Bertz CT molecular complexity index is 518. The van der Waals surface area contributed by atoms with Crippen LogP contribution >= 0.6 is 0 Å². The predicted octanol–water partition coefficient (Wildman–Crippen LogP) is 1.42. The van der Waals surface area contributed by atoms with Crippen molar-refractivity contribution in [1.82, 2.24) is 9.88 Å². The molecular weight excluding hydrogens is 277 g/mol. The zero-order valence-corrected chi connectivity index (χ0v) is 10.2. The topological polar surface area (TPSA) is 70.5 Å². The number of aromatic nitrogens is 1. The first-order chi connectivity index (χ1) is 9.30. The van der Waals surface area contributed by atoms with E-state index in [0.29, 0.717) is 0 Å². The number of hydrogen-bond acceptors (Lipinski definition) is 3. The Hall–Kier alpha value is -2.12. The van der Waals surface area contributed by atoms with Crippen molar-refractivity contribution < 1.29 is 27.9 Å². The highest BCUT2D eigenvalue weighted by Crippen LogP contribution is 2.38. The number of hydrogen-bond donors (Lipinski definition) is 1. The van der Waals surface area contributed by atoms with Crippen molar-refractivity contribution in [2.75, 3.05) is 13.1 Å². The molecule has 2 heterocycles. The van der Waals surface area contributed by atoms with E-state index in [1.165, 1.54) is 24.5 Å². The average molecular weight is 288 g/mol. The molecule has 0 saturated carbocycles. The summed E-state index contributed by atoms with van der Waals surface area (Å²) in [7, 11) is 0. The third-order valence-electron chi connectivity index (χ3n) is 3.27. The summed E-state index contributed by atoms with van der Waals surface area (Å²) in [5.41, 5.74) is 0.187. The van der Waals surface area contributed by atoms with Crippen LogP contribution in [0.25, 0.3) is 0 Å². The molecular formula is C12H11F3N2O3. The average Bonchev–Trinajstić information content (AvgIpc) is 2.84. The summed E-state index contributed by atoms with van der Waals surface area (Å²) in [5.74, 6) is -5.82. The molecule has 1 amide bonds. The number of carboxylic acid groups (broad SMARTS) is 1. The zero-order chi connectivity index (χ0) is 14.9. The minimum Gasteiger partial charge on any atom is -0.481 e. The lowest BCUT2D eigenvalue weighted by Gasteiger charge is -2.18. The van der Waals surface area contributed by atoms with Gasteiger partial charge in [0.1, 0.15) is 0 Å². The maximum atomic E-state index is 12.8. The van der Waals surface area contributed by atoms with E-state index in [4.69, 9.17) is 5.11 Å². The molecule has 1 aromatic rings. The number of aliphatic carboxylic acids is 1. The Morgan fingerprint density at radius 2 is 1.85 bits per heavy atom. The Kier molecular flexibility index (Phi) is 3.65. The van der Waals surface area contributed by atoms with Gasteiger partial charge in [-0.15, -0.1) is 0 Å². The van der Waals surface area contributed by atoms with E-state index in [9.17, 15) is 22.8 Å². The van der Waals surface area contributed by atoms with Gasteiger partial charge in [-0.3, -0.25) is 14.6 Å². The van der Waals surface area contributed by atoms with Crippen LogP contribution in [-0.4, -0.2) is 46.1 Å². The highest BCUT2D eigenvalue weighted by atomic mass is 19.4. The minimum atomic E-state index is -4.64. The minimum absolute atomic E-state index is 0.187. The van der Waals surface area contributed by atoms with Crippen LogP contribution in [0.15, 0.2) is 24.5 Å². The second-order valence-electron chi connectivity index (χ2n) is 4.54. The van der Waals surface area contributed by atoms with Crippen LogP contribution in [0, 0.1) is 11.8 Å². The molecule has 0 bridgehead atoms. The number of rotatable bonds is 2. The second kappa shape index (κ2) is 5.10. The number of likely N-dealkylation sites (tertiary alicyclic amines) is 1. The zero-order valence-electron chi connectivity index (χ0n) is 10.2. The van der Waals surface area contributed by atoms with Crippen molar-refractivity contribution in [3.05, 3.63) is 30.1 Å². The molecule has 5 nitrogen and oxygen atoms in total. The molecule has 1 N–H and O–H groups in total. The number of carbonyl (C=O) groups is 2. The van der Waals surface area contributed by atoms with Crippen molar-refractivity contribution >= 4 is 11.9 Å². The van der Waals surface area contributed by atoms with Crippen LogP contribution in [0.3, 0.4) is 0 Å². The first-order valence-electron chi connectivity index (χ1n) is 5.79. The van der Waals surface area contributed by atoms with Crippen LogP contribution in [0.2, 0.25) is 0 Å². The van der Waals surface area contributed by atoms with Gasteiger partial charge in [0.25, 0.3) is 5.91 Å². The highest BCUT2D eigenvalue weighted by molar-refractivity contribution is 5.94. The fraction of sp³-hybridized carbons (Fsp3) is 0.417. The van der Waals surface area contributed by atoms with E-state index >= 15 is 0 Å². The fourth-order valence-corrected chi connectivity index (χ4v) is 2.23.